The first kappa shape index (κ1) is 10.3. The van der Waals surface area contributed by atoms with E-state index in [4.69, 9.17) is 21.8 Å². The third-order valence-corrected chi connectivity index (χ3v) is 2.43. The molecule has 0 saturated heterocycles. The molecular formula is C12H12ClNO. The smallest absolute Gasteiger partial charge is 0.153 e. The van der Waals surface area contributed by atoms with E-state index < -0.39 is 0 Å². The van der Waals surface area contributed by atoms with Crippen LogP contribution in [0.5, 0.6) is 0 Å². The molecule has 0 aliphatic heterocycles. The number of benzene rings is 1. The van der Waals surface area contributed by atoms with E-state index in [1.165, 1.54) is 0 Å². The van der Waals surface area contributed by atoms with Crippen LogP contribution in [0.25, 0.3) is 17.0 Å². The predicted octanol–water partition coefficient (Wildman–Crippen LogP) is 3.45. The highest BCUT2D eigenvalue weighted by Crippen LogP contribution is 2.27. The fourth-order valence-electron chi connectivity index (χ4n) is 1.43. The van der Waals surface area contributed by atoms with Crippen LogP contribution >= 0.6 is 11.6 Å². The summed E-state index contributed by atoms with van der Waals surface area (Å²) >= 11 is 5.99. The van der Waals surface area contributed by atoms with E-state index in [1.807, 2.05) is 36.4 Å². The third-order valence-electron chi connectivity index (χ3n) is 2.13. The Kier molecular flexibility index (Phi) is 3.09. The first-order chi connectivity index (χ1) is 7.31. The van der Waals surface area contributed by atoms with Crippen LogP contribution in [0.15, 0.2) is 34.8 Å². The van der Waals surface area contributed by atoms with Gasteiger partial charge >= 0.3 is 0 Å². The second kappa shape index (κ2) is 4.51. The number of fused-ring (bicyclic) bond motifs is 1. The molecule has 2 N–H and O–H groups in total. The van der Waals surface area contributed by atoms with Crippen LogP contribution in [0.3, 0.4) is 0 Å². The van der Waals surface area contributed by atoms with E-state index in [0.717, 1.165) is 23.2 Å². The van der Waals surface area contributed by atoms with E-state index >= 15 is 0 Å². The lowest BCUT2D eigenvalue weighted by Crippen LogP contribution is -1.94. The number of halogens is 1. The second-order valence-corrected chi connectivity index (χ2v) is 3.69. The summed E-state index contributed by atoms with van der Waals surface area (Å²) in [6.07, 6.45) is 4.76. The Morgan fingerprint density at radius 3 is 3.00 bits per heavy atom. The van der Waals surface area contributed by atoms with Crippen LogP contribution < -0.4 is 5.73 Å². The number of nitrogens with two attached hydrogens (primary N) is 1. The minimum atomic E-state index is 0.644. The van der Waals surface area contributed by atoms with Gasteiger partial charge in [0.2, 0.25) is 0 Å². The highest BCUT2D eigenvalue weighted by atomic mass is 35.5. The highest BCUT2D eigenvalue weighted by Gasteiger charge is 2.03. The lowest BCUT2D eigenvalue weighted by atomic mass is 10.2. The van der Waals surface area contributed by atoms with Crippen molar-refractivity contribution in [3.63, 3.8) is 0 Å². The lowest BCUT2D eigenvalue weighted by molar-refractivity contribution is 0.604. The summed E-state index contributed by atoms with van der Waals surface area (Å²) in [4.78, 5) is 0. The molecule has 78 valence electrons. The van der Waals surface area contributed by atoms with E-state index in [1.54, 1.807) is 0 Å². The fourth-order valence-corrected chi connectivity index (χ4v) is 1.65. The van der Waals surface area contributed by atoms with E-state index in [-0.39, 0.29) is 0 Å². The van der Waals surface area contributed by atoms with Gasteiger partial charge in [-0.3, -0.25) is 0 Å². The van der Waals surface area contributed by atoms with Gasteiger partial charge in [0.05, 0.1) is 5.02 Å². The van der Waals surface area contributed by atoms with Crippen LogP contribution in [0.4, 0.5) is 0 Å². The molecule has 3 heteroatoms. The Bertz CT molecular complexity index is 487. The minimum Gasteiger partial charge on any atom is -0.455 e. The van der Waals surface area contributed by atoms with Crippen LogP contribution in [-0.2, 0) is 0 Å². The molecule has 0 aliphatic carbocycles. The lowest BCUT2D eigenvalue weighted by Gasteiger charge is -1.89. The number of furan rings is 1. The van der Waals surface area contributed by atoms with Crippen molar-refractivity contribution < 1.29 is 4.42 Å². The summed E-state index contributed by atoms with van der Waals surface area (Å²) in [6.45, 7) is 0.650. The molecule has 0 amide bonds. The van der Waals surface area contributed by atoms with Gasteiger partial charge in [0.1, 0.15) is 5.76 Å². The molecule has 2 rings (SSSR count). The summed E-state index contributed by atoms with van der Waals surface area (Å²) in [5.74, 6) is 0.812. The highest BCUT2D eigenvalue weighted by molar-refractivity contribution is 6.34. The molecule has 0 fully saturated rings. The zero-order valence-electron chi connectivity index (χ0n) is 8.24. The summed E-state index contributed by atoms with van der Waals surface area (Å²) < 4.78 is 5.59. The van der Waals surface area contributed by atoms with Crippen molar-refractivity contribution in [1.29, 1.82) is 0 Å². The molecule has 0 atom stereocenters. The molecule has 1 aromatic heterocycles. The Morgan fingerprint density at radius 2 is 2.27 bits per heavy atom. The number of hydrogen-bond donors (Lipinski definition) is 1. The molecule has 1 heterocycles. The van der Waals surface area contributed by atoms with Gasteiger partial charge in [-0.1, -0.05) is 29.8 Å². The summed E-state index contributed by atoms with van der Waals surface area (Å²) in [7, 11) is 0. The summed E-state index contributed by atoms with van der Waals surface area (Å²) in [5.41, 5.74) is 6.13. The van der Waals surface area contributed by atoms with Crippen molar-refractivity contribution in [2.24, 2.45) is 5.73 Å². The van der Waals surface area contributed by atoms with Gasteiger partial charge in [0.15, 0.2) is 5.58 Å². The van der Waals surface area contributed by atoms with Crippen molar-refractivity contribution >= 4 is 28.6 Å². The van der Waals surface area contributed by atoms with Crippen LogP contribution in [0, 0.1) is 0 Å². The monoisotopic (exact) mass is 221 g/mol. The standard InChI is InChI=1S/C12H12ClNO/c13-11-6-3-4-9-8-10(15-12(9)11)5-1-2-7-14/h1,3-6,8H,2,7,14H2/b5-1+. The van der Waals surface area contributed by atoms with Crippen molar-refractivity contribution in [3.8, 4) is 0 Å². The predicted molar refractivity (Wildman–Crippen MR) is 63.9 cm³/mol. The summed E-state index contributed by atoms with van der Waals surface area (Å²) in [5, 5.41) is 1.67. The van der Waals surface area contributed by atoms with Gasteiger partial charge in [0.25, 0.3) is 0 Å². The first-order valence-electron chi connectivity index (χ1n) is 4.86. The van der Waals surface area contributed by atoms with Gasteiger partial charge in [0, 0.05) is 5.39 Å². The molecule has 0 saturated carbocycles. The molecule has 0 unspecified atom stereocenters. The molecular weight excluding hydrogens is 210 g/mol. The number of hydrogen-bond acceptors (Lipinski definition) is 2. The quantitative estimate of drug-likeness (QED) is 0.862. The van der Waals surface area contributed by atoms with Gasteiger partial charge in [-0.25, -0.2) is 0 Å². The van der Waals surface area contributed by atoms with Gasteiger partial charge < -0.3 is 10.2 Å². The van der Waals surface area contributed by atoms with Gasteiger partial charge in [-0.2, -0.15) is 0 Å². The maximum atomic E-state index is 5.99. The van der Waals surface area contributed by atoms with E-state index in [9.17, 15) is 0 Å². The maximum Gasteiger partial charge on any atom is 0.153 e. The van der Waals surface area contributed by atoms with E-state index in [0.29, 0.717) is 11.6 Å². The van der Waals surface area contributed by atoms with Crippen LogP contribution in [0.1, 0.15) is 12.2 Å². The molecule has 0 bridgehead atoms. The molecule has 2 nitrogen and oxygen atoms in total. The average Bonchev–Trinajstić information content (AvgIpc) is 2.63. The Morgan fingerprint density at radius 1 is 1.40 bits per heavy atom. The third kappa shape index (κ3) is 2.22. The molecule has 1 aromatic carbocycles. The average molecular weight is 222 g/mol. The normalized spacial score (nSPS) is 11.6. The fraction of sp³-hybridized carbons (Fsp3) is 0.167. The molecule has 0 aliphatic rings. The molecule has 0 spiro atoms. The van der Waals surface area contributed by atoms with Gasteiger partial charge in [-0.15, -0.1) is 0 Å². The summed E-state index contributed by atoms with van der Waals surface area (Å²) in [6, 6.07) is 7.67. The van der Waals surface area contributed by atoms with Crippen molar-refractivity contribution in [3.05, 3.63) is 41.1 Å². The number of rotatable bonds is 3. The van der Waals surface area contributed by atoms with Crippen LogP contribution in [0.2, 0.25) is 5.02 Å². The van der Waals surface area contributed by atoms with Crippen LogP contribution in [-0.4, -0.2) is 6.54 Å². The van der Waals surface area contributed by atoms with Gasteiger partial charge in [-0.05, 0) is 31.2 Å². The van der Waals surface area contributed by atoms with Crippen molar-refractivity contribution in [2.45, 2.75) is 6.42 Å². The van der Waals surface area contributed by atoms with E-state index in [2.05, 4.69) is 0 Å². The molecule has 2 aromatic rings. The Hall–Kier alpha value is -1.25. The topological polar surface area (TPSA) is 39.2 Å². The van der Waals surface area contributed by atoms with Crippen molar-refractivity contribution in [1.82, 2.24) is 0 Å². The zero-order chi connectivity index (χ0) is 10.7. The Labute approximate surface area is 93.3 Å². The first-order valence-corrected chi connectivity index (χ1v) is 5.24. The maximum absolute atomic E-state index is 5.99. The SMILES string of the molecule is NCC/C=C/c1cc2cccc(Cl)c2o1. The largest absolute Gasteiger partial charge is 0.455 e. The molecule has 15 heavy (non-hydrogen) atoms. The number of para-hydroxylation sites is 1. The van der Waals surface area contributed by atoms with Crippen molar-refractivity contribution in [2.75, 3.05) is 6.54 Å². The minimum absolute atomic E-state index is 0.644. The zero-order valence-corrected chi connectivity index (χ0v) is 9.00. The second-order valence-electron chi connectivity index (χ2n) is 3.29. The molecule has 0 radical (unpaired) electrons. The Balaban J connectivity index is 2.35.